The van der Waals surface area contributed by atoms with Gasteiger partial charge in [-0.2, -0.15) is 5.26 Å². The Kier molecular flexibility index (Phi) is 7.22. The van der Waals surface area contributed by atoms with Crippen molar-refractivity contribution in [1.82, 2.24) is 4.90 Å². The van der Waals surface area contributed by atoms with Crippen LogP contribution in [0.3, 0.4) is 0 Å². The third kappa shape index (κ3) is 5.10. The molecule has 3 aliphatic carbocycles. The van der Waals surface area contributed by atoms with Gasteiger partial charge in [0.2, 0.25) is 5.91 Å². The average Bonchev–Trinajstić information content (AvgIpc) is 3.78. The fourth-order valence-electron chi connectivity index (χ4n) is 7.97. The summed E-state index contributed by atoms with van der Waals surface area (Å²) in [5, 5.41) is 12.4. The van der Waals surface area contributed by atoms with Crippen LogP contribution in [-0.2, 0) is 10.2 Å². The largest absolute Gasteiger partial charge is 0.326 e. The van der Waals surface area contributed by atoms with E-state index >= 15 is 0 Å². The minimum Gasteiger partial charge on any atom is -0.326 e. The molecule has 6 atom stereocenters. The predicted octanol–water partition coefficient (Wildman–Crippen LogP) is 7.18. The number of unbranched alkanes of at least 4 members (excludes halogenated alkanes) is 1. The molecule has 0 spiro atoms. The van der Waals surface area contributed by atoms with Crippen LogP contribution in [0, 0.1) is 46.7 Å². The van der Waals surface area contributed by atoms with E-state index in [4.69, 9.17) is 11.6 Å². The summed E-state index contributed by atoms with van der Waals surface area (Å²) in [7, 11) is 0. The number of fused-ring (bicyclic) bond motifs is 1. The molecular weight excluding hydrogens is 497 g/mol. The third-order valence-electron chi connectivity index (χ3n) is 10.1. The van der Waals surface area contributed by atoms with Crippen molar-refractivity contribution in [3.8, 4) is 6.07 Å². The van der Waals surface area contributed by atoms with Gasteiger partial charge in [-0.15, -0.1) is 0 Å². The van der Waals surface area contributed by atoms with Gasteiger partial charge >= 0.3 is 0 Å². The van der Waals surface area contributed by atoms with Gasteiger partial charge in [0.15, 0.2) is 0 Å². The van der Waals surface area contributed by atoms with E-state index in [0.717, 1.165) is 24.8 Å². The fraction of sp³-hybridized carbons (Fsp3) is 0.562. The topological polar surface area (TPSA) is 56.1 Å². The summed E-state index contributed by atoms with van der Waals surface area (Å²) in [6.45, 7) is 3.65. The molecule has 4 unspecified atom stereocenters. The van der Waals surface area contributed by atoms with Crippen LogP contribution in [-0.4, -0.2) is 30.4 Å². The monoisotopic (exact) mass is 533 g/mol. The standard InChI is InChI=1S/C32H37ClFN3O/c33-27-18-25(9-10-28(27)34)36-31(38)30-26(8-1-2-13-37-14-3-4-15-37)29(30)22-11-12-32(19-24(32)17-22)23-7-5-6-21(16-23)20-35/h5-7,9-10,16,18,22,24,26,29-30H,1-4,8,11-15,17,19H2,(H,36,38)/t22-,24?,26?,29?,30?,32+/m1/s1. The van der Waals surface area contributed by atoms with E-state index in [0.29, 0.717) is 29.4 Å². The zero-order chi connectivity index (χ0) is 26.3. The van der Waals surface area contributed by atoms with Gasteiger partial charge < -0.3 is 10.2 Å². The van der Waals surface area contributed by atoms with Crippen LogP contribution in [0.5, 0.6) is 0 Å². The molecule has 2 aromatic rings. The van der Waals surface area contributed by atoms with Gasteiger partial charge in [0.25, 0.3) is 0 Å². The Morgan fingerprint density at radius 1 is 1.18 bits per heavy atom. The zero-order valence-electron chi connectivity index (χ0n) is 22.0. The Hall–Kier alpha value is -2.42. The highest BCUT2D eigenvalue weighted by Gasteiger charge is 2.63. The molecule has 1 saturated heterocycles. The molecule has 1 N–H and O–H groups in total. The summed E-state index contributed by atoms with van der Waals surface area (Å²) in [6.07, 6.45) is 10.8. The lowest BCUT2D eigenvalue weighted by Crippen LogP contribution is -2.23. The number of benzene rings is 2. The molecule has 6 rings (SSSR count). The van der Waals surface area contributed by atoms with E-state index in [1.807, 2.05) is 12.1 Å². The Labute approximate surface area is 230 Å². The predicted molar refractivity (Wildman–Crippen MR) is 148 cm³/mol. The lowest BCUT2D eigenvalue weighted by molar-refractivity contribution is -0.118. The van der Waals surface area contributed by atoms with E-state index in [9.17, 15) is 14.4 Å². The molecule has 4 aliphatic rings. The highest BCUT2D eigenvalue weighted by molar-refractivity contribution is 6.31. The Balaban J connectivity index is 1.11. The van der Waals surface area contributed by atoms with E-state index in [2.05, 4.69) is 28.4 Å². The van der Waals surface area contributed by atoms with E-state index in [1.165, 1.54) is 75.9 Å². The van der Waals surface area contributed by atoms with Crippen molar-refractivity contribution in [2.75, 3.05) is 25.0 Å². The van der Waals surface area contributed by atoms with Gasteiger partial charge in [0.1, 0.15) is 5.82 Å². The van der Waals surface area contributed by atoms with Crippen LogP contribution < -0.4 is 5.32 Å². The minimum absolute atomic E-state index is 0.0313. The van der Waals surface area contributed by atoms with Gasteiger partial charge in [-0.05, 0) is 136 Å². The van der Waals surface area contributed by atoms with Crippen molar-refractivity contribution in [2.24, 2.45) is 29.6 Å². The minimum atomic E-state index is -0.472. The lowest BCUT2D eigenvalue weighted by Gasteiger charge is -2.29. The van der Waals surface area contributed by atoms with Crippen molar-refractivity contribution in [3.63, 3.8) is 0 Å². The molecule has 200 valence electrons. The summed E-state index contributed by atoms with van der Waals surface area (Å²) in [4.78, 5) is 16.0. The summed E-state index contributed by atoms with van der Waals surface area (Å²) < 4.78 is 13.6. The van der Waals surface area contributed by atoms with Crippen LogP contribution in [0.15, 0.2) is 42.5 Å². The number of carbonyl (C=O) groups is 1. The second-order valence-corrected chi connectivity index (χ2v) is 12.6. The number of nitriles is 1. The lowest BCUT2D eigenvalue weighted by atomic mass is 9.75. The summed E-state index contributed by atoms with van der Waals surface area (Å²) in [5.74, 6) is 1.72. The number of amides is 1. The molecule has 0 aromatic heterocycles. The maximum Gasteiger partial charge on any atom is 0.228 e. The first-order chi connectivity index (χ1) is 18.5. The van der Waals surface area contributed by atoms with Gasteiger partial charge in [-0.1, -0.05) is 30.2 Å². The number of nitrogens with zero attached hydrogens (tertiary/aromatic N) is 2. The van der Waals surface area contributed by atoms with E-state index in [-0.39, 0.29) is 22.3 Å². The smallest absolute Gasteiger partial charge is 0.228 e. The Morgan fingerprint density at radius 2 is 2.03 bits per heavy atom. The second-order valence-electron chi connectivity index (χ2n) is 12.2. The average molecular weight is 534 g/mol. The van der Waals surface area contributed by atoms with Gasteiger partial charge in [-0.25, -0.2) is 4.39 Å². The summed E-state index contributed by atoms with van der Waals surface area (Å²) in [6, 6.07) is 14.9. The van der Waals surface area contributed by atoms with Crippen LogP contribution >= 0.6 is 11.6 Å². The fourth-order valence-corrected chi connectivity index (χ4v) is 8.15. The molecule has 4 nitrogen and oxygen atoms in total. The molecular formula is C32H37ClFN3O. The Morgan fingerprint density at radius 3 is 2.79 bits per heavy atom. The molecule has 1 aliphatic heterocycles. The Bertz CT molecular complexity index is 1240. The summed E-state index contributed by atoms with van der Waals surface area (Å²) >= 11 is 5.97. The van der Waals surface area contributed by atoms with Crippen molar-refractivity contribution < 1.29 is 9.18 Å². The number of hydrogen-bond acceptors (Lipinski definition) is 3. The number of carbonyl (C=O) groups excluding carboxylic acids is 1. The highest BCUT2D eigenvalue weighted by Crippen LogP contribution is 2.68. The number of rotatable bonds is 9. The first-order valence-corrected chi connectivity index (χ1v) is 14.9. The number of nitrogens with one attached hydrogen (secondary N) is 1. The summed E-state index contributed by atoms with van der Waals surface area (Å²) in [5.41, 5.74) is 2.89. The van der Waals surface area contributed by atoms with Crippen molar-refractivity contribution >= 4 is 23.2 Å². The van der Waals surface area contributed by atoms with Gasteiger partial charge in [-0.3, -0.25) is 4.79 Å². The molecule has 4 fully saturated rings. The number of likely N-dealkylation sites (tertiary alicyclic amines) is 1. The van der Waals surface area contributed by atoms with Crippen molar-refractivity contribution in [2.45, 2.75) is 63.2 Å². The van der Waals surface area contributed by atoms with Crippen molar-refractivity contribution in [3.05, 3.63) is 64.4 Å². The first-order valence-electron chi connectivity index (χ1n) is 14.5. The molecule has 1 heterocycles. The van der Waals surface area contributed by atoms with Crippen LogP contribution in [0.4, 0.5) is 10.1 Å². The molecule has 0 radical (unpaired) electrons. The number of hydrogen-bond donors (Lipinski definition) is 1. The molecule has 6 heteroatoms. The normalized spacial score (nSPS) is 31.9. The molecule has 2 aromatic carbocycles. The molecule has 1 amide bonds. The van der Waals surface area contributed by atoms with Crippen LogP contribution in [0.25, 0.3) is 0 Å². The van der Waals surface area contributed by atoms with Crippen molar-refractivity contribution in [1.29, 1.82) is 5.26 Å². The van der Waals surface area contributed by atoms with E-state index in [1.54, 1.807) is 6.07 Å². The highest BCUT2D eigenvalue weighted by atomic mass is 35.5. The van der Waals surface area contributed by atoms with Crippen LogP contribution in [0.2, 0.25) is 5.02 Å². The second kappa shape index (κ2) is 10.6. The van der Waals surface area contributed by atoms with Crippen LogP contribution in [0.1, 0.15) is 68.9 Å². The SMILES string of the molecule is N#Cc1cccc([C@@]23CC[C@@H](C4C(CCCCN5CCCC5)C4C(=O)Nc4ccc(F)c(Cl)c4)CC2C3)c1. The van der Waals surface area contributed by atoms with Gasteiger partial charge in [0.05, 0.1) is 16.7 Å². The molecule has 0 bridgehead atoms. The molecule has 38 heavy (non-hydrogen) atoms. The first kappa shape index (κ1) is 25.8. The zero-order valence-corrected chi connectivity index (χ0v) is 22.7. The van der Waals surface area contributed by atoms with Gasteiger partial charge in [0, 0.05) is 11.6 Å². The number of anilines is 1. The third-order valence-corrected chi connectivity index (χ3v) is 10.4. The maximum absolute atomic E-state index is 13.6. The number of halogens is 2. The maximum atomic E-state index is 13.6. The van der Waals surface area contributed by atoms with E-state index < -0.39 is 5.82 Å². The molecule has 3 saturated carbocycles. The quantitative estimate of drug-likeness (QED) is 0.347.